The molecule has 0 N–H and O–H groups in total. The Morgan fingerprint density at radius 1 is 0.882 bits per heavy atom. The smallest absolute Gasteiger partial charge is 0.148 e. The number of hydrogen-bond donors (Lipinski definition) is 0. The molecule has 0 spiro atoms. The maximum Gasteiger partial charge on any atom is 0.148 e. The van der Waals surface area contributed by atoms with E-state index in [0.717, 1.165) is 18.6 Å². The molecule has 0 unspecified atom stereocenters. The Hall–Kier alpha value is -0.980. The van der Waals surface area contributed by atoms with Crippen LogP contribution in [0.25, 0.3) is 0 Å². The lowest BCUT2D eigenvalue weighted by molar-refractivity contribution is 0.259. The Kier molecular flexibility index (Phi) is 3.76. The first-order valence-corrected chi connectivity index (χ1v) is 6.69. The highest BCUT2D eigenvalue weighted by molar-refractivity contribution is 5.31. The van der Waals surface area contributed by atoms with Gasteiger partial charge in [-0.05, 0) is 48.8 Å². The summed E-state index contributed by atoms with van der Waals surface area (Å²) < 4.78 is 5.94. The summed E-state index contributed by atoms with van der Waals surface area (Å²) in [6.45, 7) is 6.70. The zero-order valence-electron chi connectivity index (χ0n) is 11.3. The minimum Gasteiger partial charge on any atom is -0.483 e. The molecule has 1 aliphatic carbocycles. The summed E-state index contributed by atoms with van der Waals surface area (Å²) in [5, 5.41) is 0. The van der Waals surface area contributed by atoms with Crippen LogP contribution in [0.2, 0.25) is 0 Å². The van der Waals surface area contributed by atoms with Crippen LogP contribution < -0.4 is 4.74 Å². The molecule has 1 saturated carbocycles. The molecule has 1 aliphatic rings. The molecule has 1 aromatic carbocycles. The van der Waals surface area contributed by atoms with E-state index in [0.29, 0.717) is 0 Å². The van der Waals surface area contributed by atoms with Gasteiger partial charge in [0.15, 0.2) is 0 Å². The van der Waals surface area contributed by atoms with Crippen molar-refractivity contribution in [1.82, 2.24) is 0 Å². The Morgan fingerprint density at radius 2 is 1.47 bits per heavy atom. The predicted molar refractivity (Wildman–Crippen MR) is 72.1 cm³/mol. The molecule has 2 rings (SSSR count). The average Bonchev–Trinajstić information content (AvgIpc) is 2.30. The maximum atomic E-state index is 5.94. The zero-order valence-corrected chi connectivity index (χ0v) is 11.3. The van der Waals surface area contributed by atoms with Crippen LogP contribution >= 0.6 is 0 Å². The van der Waals surface area contributed by atoms with Gasteiger partial charge in [-0.1, -0.05) is 39.3 Å². The highest BCUT2D eigenvalue weighted by Gasteiger charge is 2.17. The van der Waals surface area contributed by atoms with E-state index in [1.54, 1.807) is 0 Å². The van der Waals surface area contributed by atoms with Crippen molar-refractivity contribution in [2.45, 2.75) is 58.3 Å². The van der Waals surface area contributed by atoms with Crippen molar-refractivity contribution in [3.63, 3.8) is 0 Å². The van der Waals surface area contributed by atoms with Gasteiger partial charge in [0.25, 0.3) is 0 Å². The number of hydrogen-bond acceptors (Lipinski definition) is 1. The first-order valence-electron chi connectivity index (χ1n) is 6.69. The van der Waals surface area contributed by atoms with Crippen LogP contribution in [-0.4, -0.2) is 0 Å². The maximum absolute atomic E-state index is 5.94. The molecule has 1 fully saturated rings. The van der Waals surface area contributed by atoms with Crippen molar-refractivity contribution < 1.29 is 4.74 Å². The van der Waals surface area contributed by atoms with Crippen LogP contribution in [0.3, 0.4) is 0 Å². The van der Waals surface area contributed by atoms with Crippen molar-refractivity contribution in [3.05, 3.63) is 35.9 Å². The molecule has 1 aromatic rings. The van der Waals surface area contributed by atoms with Crippen LogP contribution in [0, 0.1) is 6.10 Å². The summed E-state index contributed by atoms with van der Waals surface area (Å²) in [5.74, 6) is 0.995. The number of ether oxygens (including phenoxy) is 1. The molecule has 0 heterocycles. The van der Waals surface area contributed by atoms with E-state index in [9.17, 15) is 0 Å². The standard InChI is InChI=1S/C16H23O/c1-16(2,3)13-9-11-15(12-10-13)17-14-7-5-4-6-8-14/h9-12H,4-8H2,1-3H3. The van der Waals surface area contributed by atoms with Crippen molar-refractivity contribution in [3.8, 4) is 5.75 Å². The lowest BCUT2D eigenvalue weighted by Crippen LogP contribution is -2.12. The molecule has 0 saturated heterocycles. The molecule has 0 atom stereocenters. The molecular formula is C16H23O. The van der Waals surface area contributed by atoms with Gasteiger partial charge in [-0.3, -0.25) is 0 Å². The van der Waals surface area contributed by atoms with Crippen molar-refractivity contribution in [1.29, 1.82) is 0 Å². The quantitative estimate of drug-likeness (QED) is 0.706. The van der Waals surface area contributed by atoms with Crippen LogP contribution in [0.5, 0.6) is 5.75 Å². The van der Waals surface area contributed by atoms with Crippen LogP contribution in [-0.2, 0) is 5.41 Å². The number of benzene rings is 1. The molecule has 0 aliphatic heterocycles. The lowest BCUT2D eigenvalue weighted by Gasteiger charge is -2.23. The molecule has 1 nitrogen and oxygen atoms in total. The van der Waals surface area contributed by atoms with Gasteiger partial charge in [0.1, 0.15) is 11.9 Å². The first-order chi connectivity index (χ1) is 8.05. The van der Waals surface area contributed by atoms with E-state index in [1.165, 1.54) is 30.9 Å². The second-order valence-corrected chi connectivity index (χ2v) is 5.98. The van der Waals surface area contributed by atoms with Crippen molar-refractivity contribution >= 4 is 0 Å². The van der Waals surface area contributed by atoms with E-state index >= 15 is 0 Å². The SMILES string of the molecule is CC(C)(C)c1ccc(O[C]2CCCCC2)cc1. The van der Waals surface area contributed by atoms with Crippen molar-refractivity contribution in [2.75, 3.05) is 0 Å². The van der Waals surface area contributed by atoms with Crippen LogP contribution in [0.15, 0.2) is 24.3 Å². The molecule has 93 valence electrons. The van der Waals surface area contributed by atoms with Gasteiger partial charge in [0.05, 0.1) is 0 Å². The Labute approximate surface area is 105 Å². The lowest BCUT2D eigenvalue weighted by atomic mass is 9.87. The summed E-state index contributed by atoms with van der Waals surface area (Å²) in [6, 6.07) is 8.56. The van der Waals surface area contributed by atoms with E-state index in [4.69, 9.17) is 4.74 Å². The van der Waals surface area contributed by atoms with E-state index in [-0.39, 0.29) is 5.41 Å². The molecule has 1 heteroatoms. The number of rotatable bonds is 2. The second-order valence-electron chi connectivity index (χ2n) is 5.98. The largest absolute Gasteiger partial charge is 0.483 e. The minimum absolute atomic E-state index is 0.219. The second kappa shape index (κ2) is 5.12. The topological polar surface area (TPSA) is 9.23 Å². The first kappa shape index (κ1) is 12.5. The Morgan fingerprint density at radius 3 is 2.00 bits per heavy atom. The molecule has 0 bridgehead atoms. The summed E-state index contributed by atoms with van der Waals surface area (Å²) in [5.41, 5.74) is 1.58. The molecule has 17 heavy (non-hydrogen) atoms. The van der Waals surface area contributed by atoms with Gasteiger partial charge < -0.3 is 4.74 Å². The molecular weight excluding hydrogens is 208 g/mol. The highest BCUT2D eigenvalue weighted by atomic mass is 16.5. The predicted octanol–water partition coefficient (Wildman–Crippen LogP) is 4.86. The Bertz CT molecular complexity index is 339. The third-order valence-corrected chi connectivity index (χ3v) is 3.39. The van der Waals surface area contributed by atoms with E-state index < -0.39 is 0 Å². The summed E-state index contributed by atoms with van der Waals surface area (Å²) in [4.78, 5) is 0. The summed E-state index contributed by atoms with van der Waals surface area (Å²) in [6.07, 6.45) is 7.47. The highest BCUT2D eigenvalue weighted by Crippen LogP contribution is 2.30. The zero-order chi connectivity index (χ0) is 12.3. The molecule has 0 aromatic heterocycles. The van der Waals surface area contributed by atoms with Gasteiger partial charge in [-0.2, -0.15) is 0 Å². The van der Waals surface area contributed by atoms with Crippen LogP contribution in [0.4, 0.5) is 0 Å². The fourth-order valence-electron chi connectivity index (χ4n) is 2.24. The third-order valence-electron chi connectivity index (χ3n) is 3.39. The third kappa shape index (κ3) is 3.49. The fraction of sp³-hybridized carbons (Fsp3) is 0.562. The molecule has 1 radical (unpaired) electrons. The average molecular weight is 231 g/mol. The Balaban J connectivity index is 1.98. The monoisotopic (exact) mass is 231 g/mol. The fourth-order valence-corrected chi connectivity index (χ4v) is 2.24. The summed E-state index contributed by atoms with van der Waals surface area (Å²) in [7, 11) is 0. The minimum atomic E-state index is 0.219. The van der Waals surface area contributed by atoms with E-state index in [2.05, 4.69) is 45.0 Å². The van der Waals surface area contributed by atoms with Crippen molar-refractivity contribution in [2.24, 2.45) is 0 Å². The van der Waals surface area contributed by atoms with Gasteiger partial charge >= 0.3 is 0 Å². The molecule has 0 amide bonds. The van der Waals surface area contributed by atoms with Gasteiger partial charge in [0, 0.05) is 0 Å². The van der Waals surface area contributed by atoms with E-state index in [1.807, 2.05) is 0 Å². The summed E-state index contributed by atoms with van der Waals surface area (Å²) >= 11 is 0. The van der Waals surface area contributed by atoms with Gasteiger partial charge in [-0.25, -0.2) is 0 Å². The van der Waals surface area contributed by atoms with Crippen LogP contribution in [0.1, 0.15) is 58.4 Å². The van der Waals surface area contributed by atoms with Gasteiger partial charge in [0.2, 0.25) is 0 Å². The van der Waals surface area contributed by atoms with Gasteiger partial charge in [-0.15, -0.1) is 0 Å². The normalized spacial score (nSPS) is 18.1.